The second kappa shape index (κ2) is 10.1. The number of aliphatic carboxylic acids is 1. The molecule has 1 saturated heterocycles. The van der Waals surface area contributed by atoms with E-state index < -0.39 is 11.5 Å². The predicted octanol–water partition coefficient (Wildman–Crippen LogP) is 2.47. The van der Waals surface area contributed by atoms with Crippen LogP contribution in [-0.4, -0.2) is 49.0 Å². The van der Waals surface area contributed by atoms with E-state index in [4.69, 9.17) is 5.73 Å². The third kappa shape index (κ3) is 6.40. The Labute approximate surface area is 157 Å². The molecule has 2 rings (SSSR count). The number of piperidine rings is 1. The maximum Gasteiger partial charge on any atom is 0.323 e. The number of rotatable bonds is 10. The summed E-state index contributed by atoms with van der Waals surface area (Å²) in [5, 5.41) is 9.52. The second-order valence-electron chi connectivity index (χ2n) is 7.78. The summed E-state index contributed by atoms with van der Waals surface area (Å²) in [7, 11) is 2.11. The standard InChI is InChI=1S/C20H32BFN2O2/c21-11-2-1-9-20(23,19(25)26)10-14-24-12-7-17(8-13-24)15-16-3-5-18(22)6-4-16/h3-6,17H,1-2,7-15,21,23H2,(H,25,26). The zero-order valence-corrected chi connectivity index (χ0v) is 15.9. The molecule has 0 aliphatic carbocycles. The normalized spacial score (nSPS) is 18.5. The van der Waals surface area contributed by atoms with Gasteiger partial charge in [-0.1, -0.05) is 31.3 Å². The molecule has 1 fully saturated rings. The molecule has 0 aromatic heterocycles. The lowest BCUT2D eigenvalue weighted by Crippen LogP contribution is -2.50. The second-order valence-corrected chi connectivity index (χ2v) is 7.78. The highest BCUT2D eigenvalue weighted by Gasteiger charge is 2.33. The summed E-state index contributed by atoms with van der Waals surface area (Å²) in [4.78, 5) is 13.9. The third-order valence-corrected chi connectivity index (χ3v) is 5.67. The average Bonchev–Trinajstić information content (AvgIpc) is 2.63. The molecule has 0 radical (unpaired) electrons. The number of likely N-dealkylation sites (tertiary alicyclic amines) is 1. The Morgan fingerprint density at radius 1 is 1.23 bits per heavy atom. The monoisotopic (exact) mass is 362 g/mol. The molecular weight excluding hydrogens is 330 g/mol. The molecule has 4 nitrogen and oxygen atoms in total. The fraction of sp³-hybridized carbons (Fsp3) is 0.650. The van der Waals surface area contributed by atoms with Crippen molar-refractivity contribution in [2.24, 2.45) is 11.7 Å². The molecular formula is C20H32BFN2O2. The Kier molecular flexibility index (Phi) is 8.10. The molecule has 26 heavy (non-hydrogen) atoms. The van der Waals surface area contributed by atoms with Crippen molar-refractivity contribution in [3.63, 3.8) is 0 Å². The zero-order chi connectivity index (χ0) is 19.0. The molecule has 0 spiro atoms. The lowest BCUT2D eigenvalue weighted by Gasteiger charge is -2.34. The smallest absolute Gasteiger partial charge is 0.323 e. The summed E-state index contributed by atoms with van der Waals surface area (Å²) >= 11 is 0. The first-order valence-electron chi connectivity index (χ1n) is 9.92. The minimum absolute atomic E-state index is 0.189. The molecule has 0 saturated carbocycles. The van der Waals surface area contributed by atoms with Crippen LogP contribution in [0.3, 0.4) is 0 Å². The van der Waals surface area contributed by atoms with E-state index >= 15 is 0 Å². The summed E-state index contributed by atoms with van der Waals surface area (Å²) in [6, 6.07) is 6.78. The van der Waals surface area contributed by atoms with Crippen molar-refractivity contribution in [1.82, 2.24) is 4.90 Å². The van der Waals surface area contributed by atoms with Gasteiger partial charge < -0.3 is 15.7 Å². The van der Waals surface area contributed by atoms with Gasteiger partial charge >= 0.3 is 5.97 Å². The van der Waals surface area contributed by atoms with E-state index in [1.54, 1.807) is 0 Å². The maximum atomic E-state index is 13.0. The topological polar surface area (TPSA) is 66.6 Å². The van der Waals surface area contributed by atoms with Crippen molar-refractivity contribution in [2.75, 3.05) is 19.6 Å². The molecule has 3 N–H and O–H groups in total. The number of hydrogen-bond acceptors (Lipinski definition) is 3. The Bertz CT molecular complexity index is 561. The highest BCUT2D eigenvalue weighted by Crippen LogP contribution is 2.24. The van der Waals surface area contributed by atoms with Crippen LogP contribution in [0.5, 0.6) is 0 Å². The van der Waals surface area contributed by atoms with Gasteiger partial charge in [0.1, 0.15) is 19.2 Å². The van der Waals surface area contributed by atoms with Crippen molar-refractivity contribution in [2.45, 2.75) is 56.8 Å². The molecule has 1 aliphatic heterocycles. The summed E-state index contributed by atoms with van der Waals surface area (Å²) in [5.74, 6) is -0.450. The van der Waals surface area contributed by atoms with Crippen molar-refractivity contribution in [1.29, 1.82) is 0 Å². The zero-order valence-electron chi connectivity index (χ0n) is 15.9. The van der Waals surface area contributed by atoms with E-state index in [1.807, 2.05) is 12.1 Å². The van der Waals surface area contributed by atoms with E-state index in [0.717, 1.165) is 58.1 Å². The minimum Gasteiger partial charge on any atom is -0.480 e. The van der Waals surface area contributed by atoms with Gasteiger partial charge in [0.05, 0.1) is 0 Å². The molecule has 1 atom stereocenters. The van der Waals surface area contributed by atoms with Crippen LogP contribution in [0.4, 0.5) is 4.39 Å². The molecule has 1 aromatic rings. The van der Waals surface area contributed by atoms with E-state index in [0.29, 0.717) is 18.8 Å². The van der Waals surface area contributed by atoms with Gasteiger partial charge in [-0.25, -0.2) is 4.39 Å². The van der Waals surface area contributed by atoms with Crippen LogP contribution in [0.1, 0.15) is 44.1 Å². The average molecular weight is 362 g/mol. The molecule has 1 aliphatic rings. The number of halogens is 1. The number of hydrogen-bond donors (Lipinski definition) is 2. The van der Waals surface area contributed by atoms with Gasteiger partial charge in [0, 0.05) is 6.54 Å². The van der Waals surface area contributed by atoms with E-state index in [2.05, 4.69) is 12.7 Å². The van der Waals surface area contributed by atoms with Gasteiger partial charge in [-0.05, 0) is 68.8 Å². The maximum absolute atomic E-state index is 13.0. The van der Waals surface area contributed by atoms with Crippen LogP contribution in [-0.2, 0) is 11.2 Å². The quantitative estimate of drug-likeness (QED) is 0.496. The number of carbonyl (C=O) groups is 1. The van der Waals surface area contributed by atoms with Crippen molar-refractivity contribution < 1.29 is 14.3 Å². The molecule has 144 valence electrons. The Morgan fingerprint density at radius 3 is 2.46 bits per heavy atom. The summed E-state index contributed by atoms with van der Waals surface area (Å²) in [6.07, 6.45) is 7.21. The van der Waals surface area contributed by atoms with E-state index in [1.165, 1.54) is 17.7 Å². The van der Waals surface area contributed by atoms with Crippen LogP contribution < -0.4 is 5.73 Å². The van der Waals surface area contributed by atoms with Gasteiger partial charge in [-0.15, -0.1) is 0 Å². The van der Waals surface area contributed by atoms with Crippen molar-refractivity contribution in [3.8, 4) is 0 Å². The molecule has 1 heterocycles. The molecule has 1 aromatic carbocycles. The largest absolute Gasteiger partial charge is 0.480 e. The first kappa shape index (κ1) is 20.9. The van der Waals surface area contributed by atoms with Crippen LogP contribution in [0, 0.1) is 11.7 Å². The SMILES string of the molecule is BCCCCC(N)(CCN1CCC(Cc2ccc(F)cc2)CC1)C(=O)O. The number of carboxylic acids is 1. The van der Waals surface area contributed by atoms with Gasteiger partial charge in [-0.3, -0.25) is 4.79 Å². The van der Waals surface area contributed by atoms with E-state index in [9.17, 15) is 14.3 Å². The highest BCUT2D eigenvalue weighted by molar-refractivity contribution is 6.08. The summed E-state index contributed by atoms with van der Waals surface area (Å²) < 4.78 is 13.0. The van der Waals surface area contributed by atoms with Gasteiger partial charge in [-0.2, -0.15) is 0 Å². The predicted molar refractivity (Wildman–Crippen MR) is 106 cm³/mol. The fourth-order valence-electron chi connectivity index (χ4n) is 3.75. The molecule has 0 bridgehead atoms. The Hall–Kier alpha value is -1.40. The Balaban J connectivity index is 1.74. The highest BCUT2D eigenvalue weighted by atomic mass is 19.1. The van der Waals surface area contributed by atoms with Gasteiger partial charge in [0.15, 0.2) is 0 Å². The number of benzene rings is 1. The summed E-state index contributed by atoms with van der Waals surface area (Å²) in [6.45, 7) is 2.71. The number of nitrogens with zero attached hydrogens (tertiary/aromatic N) is 1. The number of carboxylic acid groups (broad SMARTS) is 1. The summed E-state index contributed by atoms with van der Waals surface area (Å²) in [5.41, 5.74) is 6.27. The van der Waals surface area contributed by atoms with Gasteiger partial charge in [0.2, 0.25) is 0 Å². The van der Waals surface area contributed by atoms with Gasteiger partial charge in [0.25, 0.3) is 0 Å². The minimum atomic E-state index is -1.10. The number of unbranched alkanes of at least 4 members (excludes halogenated alkanes) is 1. The number of nitrogens with two attached hydrogens (primary N) is 1. The molecule has 0 amide bonds. The van der Waals surface area contributed by atoms with Crippen LogP contribution in [0.25, 0.3) is 0 Å². The molecule has 6 heteroatoms. The molecule has 1 unspecified atom stereocenters. The Morgan fingerprint density at radius 2 is 1.88 bits per heavy atom. The third-order valence-electron chi connectivity index (χ3n) is 5.67. The van der Waals surface area contributed by atoms with Crippen LogP contribution in [0.15, 0.2) is 24.3 Å². The first-order chi connectivity index (χ1) is 12.4. The van der Waals surface area contributed by atoms with Crippen LogP contribution >= 0.6 is 0 Å². The van der Waals surface area contributed by atoms with E-state index in [-0.39, 0.29) is 5.82 Å². The van der Waals surface area contributed by atoms with Crippen LogP contribution in [0.2, 0.25) is 6.32 Å². The first-order valence-corrected chi connectivity index (χ1v) is 9.92. The lowest BCUT2D eigenvalue weighted by molar-refractivity contribution is -0.144. The van der Waals surface area contributed by atoms with Crippen molar-refractivity contribution >= 4 is 13.8 Å². The lowest BCUT2D eigenvalue weighted by atomic mass is 9.87. The van der Waals surface area contributed by atoms with Crippen molar-refractivity contribution in [3.05, 3.63) is 35.6 Å². The fourth-order valence-corrected chi connectivity index (χ4v) is 3.75.